The fourth-order valence-electron chi connectivity index (χ4n) is 2.51. The minimum atomic E-state index is -4.29. The van der Waals surface area contributed by atoms with Crippen LogP contribution in [-0.4, -0.2) is 44.1 Å². The van der Waals surface area contributed by atoms with Crippen molar-refractivity contribution >= 4 is 16.1 Å². The lowest BCUT2D eigenvalue weighted by atomic mass is 10.2. The van der Waals surface area contributed by atoms with Crippen LogP contribution in [0.2, 0.25) is 0 Å². The van der Waals surface area contributed by atoms with Crippen LogP contribution in [0.25, 0.3) is 0 Å². The molecule has 0 aliphatic carbocycles. The van der Waals surface area contributed by atoms with E-state index in [1.165, 1.54) is 12.1 Å². The van der Waals surface area contributed by atoms with E-state index in [0.717, 1.165) is 5.56 Å². The Morgan fingerprint density at radius 3 is 2.44 bits per heavy atom. The maximum absolute atomic E-state index is 12.3. The van der Waals surface area contributed by atoms with Crippen LogP contribution in [0.1, 0.15) is 19.4 Å². The fraction of sp³-hybridized carbons (Fsp3) is 0.438. The van der Waals surface area contributed by atoms with Gasteiger partial charge in [0.2, 0.25) is 0 Å². The van der Waals surface area contributed by atoms with Crippen molar-refractivity contribution in [1.82, 2.24) is 0 Å². The predicted molar refractivity (Wildman–Crippen MR) is 83.9 cm³/mol. The topological polar surface area (TPSA) is 108 Å². The summed E-state index contributed by atoms with van der Waals surface area (Å²) < 4.78 is 45.3. The van der Waals surface area contributed by atoms with Crippen LogP contribution in [-0.2, 0) is 33.3 Å². The van der Waals surface area contributed by atoms with E-state index in [0.29, 0.717) is 0 Å². The van der Waals surface area contributed by atoms with Crippen LogP contribution >= 0.6 is 0 Å². The molecule has 0 radical (unpaired) electrons. The Morgan fingerprint density at radius 2 is 1.88 bits per heavy atom. The molecular weight excluding hydrogens is 352 g/mol. The zero-order valence-electron chi connectivity index (χ0n) is 13.9. The van der Waals surface area contributed by atoms with E-state index in [2.05, 4.69) is 0 Å². The second-order valence-electron chi connectivity index (χ2n) is 6.26. The molecule has 2 unspecified atom stereocenters. The van der Waals surface area contributed by atoms with E-state index < -0.39 is 45.6 Å². The summed E-state index contributed by atoms with van der Waals surface area (Å²) in [4.78, 5) is 11.8. The smallest absolute Gasteiger partial charge is 0.380 e. The van der Waals surface area contributed by atoms with Crippen molar-refractivity contribution in [3.63, 3.8) is 0 Å². The van der Waals surface area contributed by atoms with Crippen molar-refractivity contribution in [3.05, 3.63) is 41.3 Å². The zero-order valence-corrected chi connectivity index (χ0v) is 14.7. The molecule has 0 bridgehead atoms. The lowest BCUT2D eigenvalue weighted by Gasteiger charge is -2.19. The molecule has 0 saturated carbocycles. The van der Waals surface area contributed by atoms with Gasteiger partial charge in [0, 0.05) is 0 Å². The molecule has 1 N–H and O–H groups in total. The first kappa shape index (κ1) is 17.7. The second-order valence-corrected chi connectivity index (χ2v) is 7.80. The number of rotatable bonds is 4. The van der Waals surface area contributed by atoms with Crippen LogP contribution in [0.3, 0.4) is 0 Å². The number of ether oxygens (including phenoxy) is 3. The highest BCUT2D eigenvalue weighted by Gasteiger charge is 2.48. The van der Waals surface area contributed by atoms with Crippen LogP contribution in [0.4, 0.5) is 0 Å². The van der Waals surface area contributed by atoms with E-state index in [9.17, 15) is 18.3 Å². The van der Waals surface area contributed by atoms with Crippen molar-refractivity contribution < 1.29 is 36.7 Å². The quantitative estimate of drug-likeness (QED) is 0.628. The van der Waals surface area contributed by atoms with E-state index >= 15 is 0 Å². The van der Waals surface area contributed by atoms with Crippen molar-refractivity contribution in [2.24, 2.45) is 0 Å². The maximum atomic E-state index is 12.3. The largest absolute Gasteiger partial charge is 0.505 e. The van der Waals surface area contributed by atoms with Crippen LogP contribution in [0.15, 0.2) is 40.7 Å². The Morgan fingerprint density at radius 1 is 1.24 bits per heavy atom. The first-order valence-corrected chi connectivity index (χ1v) is 8.97. The number of aryl methyl sites for hydroxylation is 1. The first-order valence-electron chi connectivity index (χ1n) is 7.56. The van der Waals surface area contributed by atoms with Crippen molar-refractivity contribution in [2.75, 3.05) is 6.61 Å². The molecule has 0 aromatic heterocycles. The highest BCUT2D eigenvalue weighted by atomic mass is 32.2. The van der Waals surface area contributed by atoms with Crippen molar-refractivity contribution in [1.29, 1.82) is 0 Å². The SMILES string of the molecule is Cc1ccc(S(=O)(=O)OC2=C(O)C(C3COC(C)(C)O3)OC2=O)cc1. The Balaban J connectivity index is 1.83. The average Bonchev–Trinajstić information content (AvgIpc) is 3.01. The molecule has 3 rings (SSSR count). The molecule has 0 amide bonds. The summed E-state index contributed by atoms with van der Waals surface area (Å²) in [5, 5.41) is 10.2. The number of aliphatic hydroxyl groups is 1. The molecule has 2 heterocycles. The van der Waals surface area contributed by atoms with E-state index in [-0.39, 0.29) is 11.5 Å². The Hall–Kier alpha value is -2.10. The van der Waals surface area contributed by atoms with Gasteiger partial charge in [-0.3, -0.25) is 0 Å². The average molecular weight is 370 g/mol. The third-order valence-electron chi connectivity index (χ3n) is 3.79. The molecule has 2 aliphatic heterocycles. The molecule has 1 aromatic carbocycles. The van der Waals surface area contributed by atoms with E-state index in [1.807, 2.05) is 0 Å². The normalized spacial score (nSPS) is 26.0. The molecule has 2 aliphatic rings. The van der Waals surface area contributed by atoms with Crippen molar-refractivity contribution in [3.8, 4) is 0 Å². The Bertz CT molecular complexity index is 822. The molecule has 1 saturated heterocycles. The summed E-state index contributed by atoms with van der Waals surface area (Å²) in [6.07, 6.45) is -1.94. The molecule has 2 atom stereocenters. The number of cyclic esters (lactones) is 1. The van der Waals surface area contributed by atoms with Gasteiger partial charge in [0.05, 0.1) is 6.61 Å². The summed E-state index contributed by atoms with van der Waals surface area (Å²) in [5.74, 6) is -3.37. The molecular formula is C16H18O8S. The number of hydrogen-bond acceptors (Lipinski definition) is 8. The van der Waals surface area contributed by atoms with Gasteiger partial charge in [-0.25, -0.2) is 4.79 Å². The standard InChI is InChI=1S/C16H18O8S/c1-9-4-6-10(7-5-9)25(19,20)24-14-12(17)13(22-15(14)18)11-8-21-16(2,3)23-11/h4-7,11,13,17H,8H2,1-3H3. The fourth-order valence-corrected chi connectivity index (χ4v) is 3.45. The monoisotopic (exact) mass is 370 g/mol. The first-order chi connectivity index (χ1) is 11.6. The summed E-state index contributed by atoms with van der Waals surface area (Å²) >= 11 is 0. The van der Waals surface area contributed by atoms with Gasteiger partial charge < -0.3 is 23.5 Å². The number of benzene rings is 1. The van der Waals surface area contributed by atoms with E-state index in [4.69, 9.17) is 18.4 Å². The lowest BCUT2D eigenvalue weighted by molar-refractivity contribution is -0.162. The summed E-state index contributed by atoms with van der Waals surface area (Å²) in [6.45, 7) is 5.22. The number of aliphatic hydroxyl groups excluding tert-OH is 1. The summed E-state index contributed by atoms with van der Waals surface area (Å²) in [6, 6.07) is 5.87. The minimum absolute atomic E-state index is 0.0764. The van der Waals surface area contributed by atoms with E-state index in [1.54, 1.807) is 32.9 Å². The number of hydrogen-bond donors (Lipinski definition) is 1. The third-order valence-corrected chi connectivity index (χ3v) is 5.03. The van der Waals surface area contributed by atoms with Crippen LogP contribution < -0.4 is 0 Å². The molecule has 8 nitrogen and oxygen atoms in total. The van der Waals surface area contributed by atoms with Crippen LogP contribution in [0, 0.1) is 6.92 Å². The van der Waals surface area contributed by atoms with Gasteiger partial charge >= 0.3 is 16.1 Å². The predicted octanol–water partition coefficient (Wildman–Crippen LogP) is 1.55. The highest BCUT2D eigenvalue weighted by molar-refractivity contribution is 7.86. The Labute approximate surface area is 145 Å². The number of esters is 1. The minimum Gasteiger partial charge on any atom is -0.505 e. The van der Waals surface area contributed by atoms with Gasteiger partial charge in [0.1, 0.15) is 11.0 Å². The molecule has 0 spiro atoms. The third kappa shape index (κ3) is 3.48. The highest BCUT2D eigenvalue weighted by Crippen LogP contribution is 2.33. The Kier molecular flexibility index (Phi) is 4.26. The molecule has 25 heavy (non-hydrogen) atoms. The van der Waals surface area contributed by atoms with Gasteiger partial charge in [-0.1, -0.05) is 17.7 Å². The number of carbonyl (C=O) groups is 1. The van der Waals surface area contributed by atoms with Crippen molar-refractivity contribution in [2.45, 2.75) is 43.7 Å². The number of carbonyl (C=O) groups excluding carboxylic acids is 1. The molecule has 9 heteroatoms. The van der Waals surface area contributed by atoms with Crippen LogP contribution in [0.5, 0.6) is 0 Å². The maximum Gasteiger partial charge on any atom is 0.380 e. The van der Waals surface area contributed by atoms with Gasteiger partial charge in [-0.2, -0.15) is 8.42 Å². The molecule has 136 valence electrons. The zero-order chi connectivity index (χ0) is 18.4. The molecule has 1 fully saturated rings. The molecule has 1 aromatic rings. The second kappa shape index (κ2) is 6.01. The summed E-state index contributed by atoms with van der Waals surface area (Å²) in [5.41, 5.74) is 0.863. The summed E-state index contributed by atoms with van der Waals surface area (Å²) in [7, 11) is -4.29. The van der Waals surface area contributed by atoms with Gasteiger partial charge in [0.25, 0.3) is 5.76 Å². The lowest BCUT2D eigenvalue weighted by Crippen LogP contribution is -2.32. The van der Waals surface area contributed by atoms with Gasteiger partial charge in [-0.05, 0) is 32.9 Å². The van der Waals surface area contributed by atoms with Gasteiger partial charge in [-0.15, -0.1) is 0 Å². The van der Waals surface area contributed by atoms with Gasteiger partial charge in [0.15, 0.2) is 17.7 Å².